The summed E-state index contributed by atoms with van der Waals surface area (Å²) >= 11 is 0. The first-order valence-electron chi connectivity index (χ1n) is 8.35. The minimum absolute atomic E-state index is 0.123. The second-order valence-electron chi connectivity index (χ2n) is 6.27. The number of aromatic nitrogens is 2. The number of rotatable bonds is 1. The van der Waals surface area contributed by atoms with Crippen LogP contribution in [0.15, 0.2) is 77.6 Å². The van der Waals surface area contributed by atoms with E-state index in [0.29, 0.717) is 16.7 Å². The van der Waals surface area contributed by atoms with Gasteiger partial charge in [0.25, 0.3) is 5.56 Å². The van der Waals surface area contributed by atoms with Crippen LogP contribution in [-0.4, -0.2) is 9.55 Å². The van der Waals surface area contributed by atoms with Crippen LogP contribution in [0.25, 0.3) is 22.3 Å². The highest BCUT2D eigenvalue weighted by Crippen LogP contribution is 2.36. The molecule has 1 atom stereocenters. The van der Waals surface area contributed by atoms with Crippen molar-refractivity contribution in [3.05, 3.63) is 94.5 Å². The molecule has 1 aliphatic heterocycles. The van der Waals surface area contributed by atoms with Gasteiger partial charge in [0.1, 0.15) is 17.8 Å². The summed E-state index contributed by atoms with van der Waals surface area (Å²) < 4.78 is 15.0. The zero-order valence-corrected chi connectivity index (χ0v) is 13.7. The Morgan fingerprint density at radius 3 is 2.50 bits per heavy atom. The summed E-state index contributed by atoms with van der Waals surface area (Å²) in [6.07, 6.45) is -0.454. The van der Waals surface area contributed by atoms with Crippen LogP contribution in [0.1, 0.15) is 11.7 Å². The highest BCUT2D eigenvalue weighted by atomic mass is 19.1. The molecule has 4 aromatic rings. The second-order valence-corrected chi connectivity index (χ2v) is 6.27. The second kappa shape index (κ2) is 5.52. The van der Waals surface area contributed by atoms with Gasteiger partial charge in [-0.3, -0.25) is 9.36 Å². The summed E-state index contributed by atoms with van der Waals surface area (Å²) in [6, 6.07) is 21.2. The summed E-state index contributed by atoms with van der Waals surface area (Å²) in [5.74, 6) is 0.298. The number of hydrogen-bond acceptors (Lipinski definition) is 3. The fourth-order valence-corrected chi connectivity index (χ4v) is 3.47. The van der Waals surface area contributed by atoms with Crippen LogP contribution >= 0.6 is 0 Å². The van der Waals surface area contributed by atoms with Crippen molar-refractivity contribution in [3.8, 4) is 11.4 Å². The molecule has 0 fully saturated rings. The molecule has 0 radical (unpaired) electrons. The van der Waals surface area contributed by atoms with E-state index >= 15 is 0 Å². The molecule has 5 rings (SSSR count). The maximum Gasteiger partial charge on any atom is 0.263 e. The average Bonchev–Trinajstić information content (AvgIpc) is 2.68. The molecule has 1 unspecified atom stereocenters. The molecular weight excluding hydrogens is 329 g/mol. The number of fused-ring (bicyclic) bond motifs is 4. The van der Waals surface area contributed by atoms with Gasteiger partial charge < -0.3 is 5.32 Å². The fraction of sp³-hybridized carbons (Fsp3) is 0.0476. The Kier molecular flexibility index (Phi) is 3.15. The third-order valence-electron chi connectivity index (χ3n) is 4.71. The summed E-state index contributed by atoms with van der Waals surface area (Å²) in [5, 5.41) is 3.95. The third kappa shape index (κ3) is 2.14. The van der Waals surface area contributed by atoms with Crippen LogP contribution in [0.4, 0.5) is 10.1 Å². The van der Waals surface area contributed by atoms with Crippen LogP contribution < -0.4 is 10.9 Å². The quantitative estimate of drug-likeness (QED) is 0.564. The van der Waals surface area contributed by atoms with Gasteiger partial charge in [-0.05, 0) is 42.0 Å². The Hall–Kier alpha value is -3.47. The van der Waals surface area contributed by atoms with E-state index in [1.807, 2.05) is 42.5 Å². The highest BCUT2D eigenvalue weighted by Gasteiger charge is 2.27. The van der Waals surface area contributed by atoms with Gasteiger partial charge in [0, 0.05) is 11.3 Å². The Balaban J connectivity index is 1.86. The van der Waals surface area contributed by atoms with Crippen molar-refractivity contribution in [2.75, 3.05) is 5.32 Å². The Morgan fingerprint density at radius 1 is 0.923 bits per heavy atom. The van der Waals surface area contributed by atoms with Gasteiger partial charge in [0.15, 0.2) is 0 Å². The minimum Gasteiger partial charge on any atom is -0.360 e. The Morgan fingerprint density at radius 2 is 1.65 bits per heavy atom. The Bertz CT molecular complexity index is 1200. The lowest BCUT2D eigenvalue weighted by Crippen LogP contribution is -2.35. The smallest absolute Gasteiger partial charge is 0.263 e. The molecule has 0 saturated heterocycles. The maximum atomic E-state index is 13.4. The van der Waals surface area contributed by atoms with Crippen molar-refractivity contribution >= 4 is 16.6 Å². The molecule has 4 nitrogen and oxygen atoms in total. The third-order valence-corrected chi connectivity index (χ3v) is 4.71. The number of para-hydroxylation sites is 2. The van der Waals surface area contributed by atoms with E-state index in [4.69, 9.17) is 4.98 Å². The number of benzene rings is 3. The van der Waals surface area contributed by atoms with Gasteiger partial charge in [-0.25, -0.2) is 9.37 Å². The van der Waals surface area contributed by atoms with Crippen molar-refractivity contribution in [2.24, 2.45) is 0 Å². The van der Waals surface area contributed by atoms with E-state index in [1.165, 1.54) is 12.1 Å². The van der Waals surface area contributed by atoms with Gasteiger partial charge >= 0.3 is 0 Å². The van der Waals surface area contributed by atoms with E-state index in [1.54, 1.807) is 22.8 Å². The number of anilines is 1. The predicted octanol–water partition coefficient (Wildman–Crippen LogP) is 4.18. The molecule has 3 aromatic carbocycles. The Labute approximate surface area is 148 Å². The van der Waals surface area contributed by atoms with Crippen molar-refractivity contribution in [2.45, 2.75) is 6.17 Å². The van der Waals surface area contributed by atoms with Gasteiger partial charge in [0.05, 0.1) is 10.9 Å². The lowest BCUT2D eigenvalue weighted by molar-refractivity contribution is 0.608. The van der Waals surface area contributed by atoms with E-state index in [9.17, 15) is 9.18 Å². The summed E-state index contributed by atoms with van der Waals surface area (Å²) in [6.45, 7) is 0. The van der Waals surface area contributed by atoms with Crippen LogP contribution in [0, 0.1) is 5.82 Å². The van der Waals surface area contributed by atoms with Gasteiger partial charge in [-0.1, -0.05) is 36.4 Å². The summed E-state index contributed by atoms with van der Waals surface area (Å²) in [4.78, 5) is 18.0. The minimum atomic E-state index is -0.454. The van der Waals surface area contributed by atoms with E-state index < -0.39 is 6.17 Å². The SMILES string of the molecule is O=c1c2ccccc2nc2n1C(c1ccc(F)cc1)Nc1ccccc1-2. The summed E-state index contributed by atoms with van der Waals surface area (Å²) in [7, 11) is 0. The van der Waals surface area contributed by atoms with Crippen molar-refractivity contribution in [1.82, 2.24) is 9.55 Å². The zero-order valence-electron chi connectivity index (χ0n) is 13.7. The average molecular weight is 343 g/mol. The van der Waals surface area contributed by atoms with Gasteiger partial charge in [-0.2, -0.15) is 0 Å². The van der Waals surface area contributed by atoms with Crippen LogP contribution in [0.3, 0.4) is 0 Å². The number of hydrogen-bond donors (Lipinski definition) is 1. The van der Waals surface area contributed by atoms with E-state index in [-0.39, 0.29) is 11.4 Å². The van der Waals surface area contributed by atoms with Gasteiger partial charge in [0.2, 0.25) is 0 Å². The summed E-state index contributed by atoms with van der Waals surface area (Å²) in [5.41, 5.74) is 3.10. The molecule has 2 heterocycles. The first-order valence-corrected chi connectivity index (χ1v) is 8.35. The highest BCUT2D eigenvalue weighted by molar-refractivity contribution is 5.83. The molecule has 1 aromatic heterocycles. The first kappa shape index (κ1) is 14.8. The molecule has 1 N–H and O–H groups in total. The standard InChI is InChI=1S/C21H14FN3O/c22-14-11-9-13(10-12-14)19-23-17-7-3-1-5-15(17)20-24-18-8-4-2-6-16(18)21(26)25(19)20/h1-12,19,23H. The van der Waals surface area contributed by atoms with Crippen molar-refractivity contribution in [3.63, 3.8) is 0 Å². The molecule has 0 saturated carbocycles. The molecule has 0 amide bonds. The van der Waals surface area contributed by atoms with Gasteiger partial charge in [-0.15, -0.1) is 0 Å². The monoisotopic (exact) mass is 343 g/mol. The molecule has 5 heteroatoms. The first-order chi connectivity index (χ1) is 12.7. The van der Waals surface area contributed by atoms with Crippen molar-refractivity contribution in [1.29, 1.82) is 0 Å². The lowest BCUT2D eigenvalue weighted by Gasteiger charge is -2.31. The largest absolute Gasteiger partial charge is 0.360 e. The molecule has 0 aliphatic carbocycles. The van der Waals surface area contributed by atoms with Crippen molar-refractivity contribution < 1.29 is 4.39 Å². The fourth-order valence-electron chi connectivity index (χ4n) is 3.47. The number of nitrogens with zero attached hydrogens (tertiary/aromatic N) is 2. The van der Waals surface area contributed by atoms with E-state index in [2.05, 4.69) is 5.32 Å². The molecular formula is C21H14FN3O. The normalized spacial score (nSPS) is 15.2. The zero-order chi connectivity index (χ0) is 17.7. The van der Waals surface area contributed by atoms with Crippen LogP contribution in [0.2, 0.25) is 0 Å². The number of nitrogens with one attached hydrogen (secondary N) is 1. The molecule has 1 aliphatic rings. The topological polar surface area (TPSA) is 46.9 Å². The molecule has 0 bridgehead atoms. The lowest BCUT2D eigenvalue weighted by atomic mass is 10.0. The maximum absolute atomic E-state index is 13.4. The molecule has 26 heavy (non-hydrogen) atoms. The predicted molar refractivity (Wildman–Crippen MR) is 99.6 cm³/mol. The number of halogens is 1. The molecule has 126 valence electrons. The van der Waals surface area contributed by atoms with Crippen LogP contribution in [-0.2, 0) is 0 Å². The molecule has 0 spiro atoms. The van der Waals surface area contributed by atoms with Crippen LogP contribution in [0.5, 0.6) is 0 Å². The van der Waals surface area contributed by atoms with E-state index in [0.717, 1.165) is 16.8 Å².